The number of hydrogen-bond donors (Lipinski definition) is 0. The van der Waals surface area contributed by atoms with Gasteiger partial charge in [0, 0.05) is 13.6 Å². The second-order valence-corrected chi connectivity index (χ2v) is 5.15. The zero-order valence-electron chi connectivity index (χ0n) is 11.5. The van der Waals surface area contributed by atoms with Gasteiger partial charge in [-0.25, -0.2) is 4.68 Å². The molecule has 0 spiro atoms. The highest BCUT2D eigenvalue weighted by molar-refractivity contribution is 7.99. The summed E-state index contributed by atoms with van der Waals surface area (Å²) in [5.74, 6) is 0.893. The van der Waals surface area contributed by atoms with Crippen LogP contribution in [0.4, 0.5) is 0 Å². The summed E-state index contributed by atoms with van der Waals surface area (Å²) >= 11 is 1.26. The predicted molar refractivity (Wildman–Crippen MR) is 74.2 cm³/mol. The van der Waals surface area contributed by atoms with Gasteiger partial charge in [-0.15, -0.1) is 5.10 Å². The number of carbonyl (C=O) groups is 1. The molecule has 21 heavy (non-hydrogen) atoms. The molecule has 0 saturated heterocycles. The molecule has 2 rings (SSSR count). The first-order valence-electron chi connectivity index (χ1n) is 6.23. The number of hydrogen-bond acceptors (Lipinski definition) is 7. The van der Waals surface area contributed by atoms with Gasteiger partial charge in [-0.2, -0.15) is 5.26 Å². The van der Waals surface area contributed by atoms with E-state index in [9.17, 15) is 4.79 Å². The summed E-state index contributed by atoms with van der Waals surface area (Å²) in [6.45, 7) is 0.841. The Morgan fingerprint density at radius 2 is 2.48 bits per heavy atom. The number of nitriles is 1. The zero-order valence-corrected chi connectivity index (χ0v) is 12.3. The molecule has 0 aliphatic heterocycles. The Balaban J connectivity index is 1.88. The Kier molecular flexibility index (Phi) is 5.34. The van der Waals surface area contributed by atoms with E-state index in [4.69, 9.17) is 9.68 Å². The van der Waals surface area contributed by atoms with Crippen molar-refractivity contribution in [3.63, 3.8) is 0 Å². The topological polar surface area (TPSA) is 101 Å². The molecule has 8 nitrogen and oxygen atoms in total. The van der Waals surface area contributed by atoms with E-state index >= 15 is 0 Å². The first-order valence-corrected chi connectivity index (χ1v) is 7.21. The molecule has 2 aromatic heterocycles. The van der Waals surface area contributed by atoms with Gasteiger partial charge in [-0.1, -0.05) is 11.8 Å². The number of rotatable bonds is 7. The van der Waals surface area contributed by atoms with Gasteiger partial charge in [0.1, 0.15) is 12.3 Å². The average Bonchev–Trinajstić information content (AvgIpc) is 3.14. The van der Waals surface area contributed by atoms with Gasteiger partial charge in [0.15, 0.2) is 0 Å². The van der Waals surface area contributed by atoms with Gasteiger partial charge >= 0.3 is 0 Å². The van der Waals surface area contributed by atoms with Crippen molar-refractivity contribution in [2.24, 2.45) is 0 Å². The van der Waals surface area contributed by atoms with Gasteiger partial charge in [-0.05, 0) is 22.6 Å². The van der Waals surface area contributed by atoms with Crippen LogP contribution in [0.25, 0.3) is 0 Å². The molecule has 0 bridgehead atoms. The van der Waals surface area contributed by atoms with Crippen LogP contribution < -0.4 is 0 Å². The highest BCUT2D eigenvalue weighted by Gasteiger charge is 2.13. The molecule has 110 valence electrons. The fraction of sp³-hybridized carbons (Fsp3) is 0.417. The van der Waals surface area contributed by atoms with Crippen LogP contribution in [0.3, 0.4) is 0 Å². The van der Waals surface area contributed by atoms with Gasteiger partial charge < -0.3 is 9.32 Å². The molecule has 0 unspecified atom stereocenters. The fourth-order valence-corrected chi connectivity index (χ4v) is 2.35. The molecule has 1 amide bonds. The van der Waals surface area contributed by atoms with Crippen LogP contribution in [0.2, 0.25) is 0 Å². The highest BCUT2D eigenvalue weighted by atomic mass is 32.2. The Labute approximate surface area is 125 Å². The lowest BCUT2D eigenvalue weighted by Gasteiger charge is -2.14. The summed E-state index contributed by atoms with van der Waals surface area (Å²) < 4.78 is 6.81. The quantitative estimate of drug-likeness (QED) is 0.696. The lowest BCUT2D eigenvalue weighted by atomic mass is 10.4. The third-order valence-electron chi connectivity index (χ3n) is 2.69. The Bertz CT molecular complexity index is 618. The molecule has 2 aromatic rings. The van der Waals surface area contributed by atoms with Crippen molar-refractivity contribution >= 4 is 17.7 Å². The van der Waals surface area contributed by atoms with Gasteiger partial charge in [-0.3, -0.25) is 4.79 Å². The third kappa shape index (κ3) is 4.32. The van der Waals surface area contributed by atoms with Crippen LogP contribution in [-0.2, 0) is 11.3 Å². The van der Waals surface area contributed by atoms with Crippen molar-refractivity contribution in [3.8, 4) is 6.07 Å². The van der Waals surface area contributed by atoms with Crippen LogP contribution in [0.1, 0.15) is 12.2 Å². The first kappa shape index (κ1) is 15.1. The van der Waals surface area contributed by atoms with Gasteiger partial charge in [0.2, 0.25) is 11.1 Å². The molecular formula is C12H14N6O2S. The molecule has 2 heterocycles. The minimum atomic E-state index is -0.0669. The summed E-state index contributed by atoms with van der Waals surface area (Å²) in [6, 6.07) is 5.63. The van der Waals surface area contributed by atoms with Crippen molar-refractivity contribution in [1.29, 1.82) is 5.26 Å². The Morgan fingerprint density at radius 3 is 3.19 bits per heavy atom. The van der Waals surface area contributed by atoms with Gasteiger partial charge in [0.25, 0.3) is 0 Å². The van der Waals surface area contributed by atoms with Crippen LogP contribution in [0.15, 0.2) is 28.0 Å². The average molecular weight is 306 g/mol. The molecule has 0 aliphatic rings. The summed E-state index contributed by atoms with van der Waals surface area (Å²) in [4.78, 5) is 13.4. The minimum absolute atomic E-state index is 0.0669. The van der Waals surface area contributed by atoms with E-state index in [1.165, 1.54) is 16.7 Å². The fourth-order valence-electron chi connectivity index (χ4n) is 1.53. The number of amides is 1. The van der Waals surface area contributed by atoms with Crippen molar-refractivity contribution < 1.29 is 9.21 Å². The lowest BCUT2D eigenvalue weighted by molar-refractivity contribution is -0.127. The second-order valence-electron chi connectivity index (χ2n) is 4.21. The second kappa shape index (κ2) is 7.44. The molecule has 0 fully saturated rings. The van der Waals surface area contributed by atoms with E-state index in [1.807, 2.05) is 12.1 Å². The zero-order chi connectivity index (χ0) is 15.1. The molecule has 0 atom stereocenters. The molecule has 0 saturated carbocycles. The smallest absolute Gasteiger partial charge is 0.232 e. The maximum absolute atomic E-state index is 11.9. The van der Waals surface area contributed by atoms with Crippen molar-refractivity contribution in [2.75, 3.05) is 19.3 Å². The Morgan fingerprint density at radius 1 is 1.62 bits per heavy atom. The van der Waals surface area contributed by atoms with E-state index in [-0.39, 0.29) is 11.7 Å². The number of thioether (sulfide) groups is 1. The van der Waals surface area contributed by atoms with E-state index in [0.717, 1.165) is 5.76 Å². The van der Waals surface area contributed by atoms with Crippen molar-refractivity contribution in [2.45, 2.75) is 18.1 Å². The highest BCUT2D eigenvalue weighted by Crippen LogP contribution is 2.15. The molecule has 0 aliphatic carbocycles. The summed E-state index contributed by atoms with van der Waals surface area (Å²) in [7, 11) is 1.67. The van der Waals surface area contributed by atoms with E-state index < -0.39 is 0 Å². The Hall–Kier alpha value is -2.34. The van der Waals surface area contributed by atoms with Crippen molar-refractivity contribution in [3.05, 3.63) is 24.2 Å². The standard InChI is InChI=1S/C12H14N6O2S/c1-17(6-3-5-13)11(19)9-21-12-14-15-16-18(12)8-10-4-2-7-20-10/h2,4,7H,3,6,8-9H2,1H3. The minimum Gasteiger partial charge on any atom is -0.467 e. The summed E-state index contributed by atoms with van der Waals surface area (Å²) in [5.41, 5.74) is 0. The summed E-state index contributed by atoms with van der Waals surface area (Å²) in [6.07, 6.45) is 1.91. The van der Waals surface area contributed by atoms with E-state index in [1.54, 1.807) is 24.1 Å². The van der Waals surface area contributed by atoms with Crippen molar-refractivity contribution in [1.82, 2.24) is 25.1 Å². The number of tetrazole rings is 1. The molecule has 9 heteroatoms. The SMILES string of the molecule is CN(CCC#N)C(=O)CSc1nnnn1Cc1ccco1. The number of furan rings is 1. The normalized spacial score (nSPS) is 10.3. The van der Waals surface area contributed by atoms with Crippen LogP contribution in [0.5, 0.6) is 0 Å². The third-order valence-corrected chi connectivity index (χ3v) is 3.64. The predicted octanol–water partition coefficient (Wildman–Crippen LogP) is 0.779. The molecule has 0 aromatic carbocycles. The number of nitrogens with zero attached hydrogens (tertiary/aromatic N) is 6. The first-order chi connectivity index (χ1) is 10.2. The van der Waals surface area contributed by atoms with E-state index in [2.05, 4.69) is 15.5 Å². The van der Waals surface area contributed by atoms with Crippen LogP contribution in [0, 0.1) is 11.3 Å². The monoisotopic (exact) mass is 306 g/mol. The summed E-state index contributed by atoms with van der Waals surface area (Å²) in [5, 5.41) is 20.4. The van der Waals surface area contributed by atoms with E-state index in [0.29, 0.717) is 24.7 Å². The molecule has 0 N–H and O–H groups in total. The molecular weight excluding hydrogens is 292 g/mol. The number of carbonyl (C=O) groups excluding carboxylic acids is 1. The number of aromatic nitrogens is 4. The maximum atomic E-state index is 11.9. The van der Waals surface area contributed by atoms with Crippen LogP contribution >= 0.6 is 11.8 Å². The van der Waals surface area contributed by atoms with Crippen LogP contribution in [-0.4, -0.2) is 50.4 Å². The van der Waals surface area contributed by atoms with Gasteiger partial charge in [0.05, 0.1) is 24.5 Å². The molecule has 0 radical (unpaired) electrons. The maximum Gasteiger partial charge on any atom is 0.232 e. The largest absolute Gasteiger partial charge is 0.467 e. The lowest BCUT2D eigenvalue weighted by Crippen LogP contribution is -2.29.